The minimum absolute atomic E-state index is 0.0907. The Morgan fingerprint density at radius 2 is 1.90 bits per heavy atom. The van der Waals surface area contributed by atoms with Crippen LogP contribution in [-0.2, 0) is 9.59 Å². The van der Waals surface area contributed by atoms with Gasteiger partial charge >= 0.3 is 0 Å². The van der Waals surface area contributed by atoms with Gasteiger partial charge in [0.25, 0.3) is 0 Å². The molecule has 1 heterocycles. The molecule has 0 bridgehead atoms. The first-order valence-corrected chi connectivity index (χ1v) is 6.50. The van der Waals surface area contributed by atoms with Gasteiger partial charge in [-0.2, -0.15) is 0 Å². The van der Waals surface area contributed by atoms with Crippen LogP contribution >= 0.6 is 0 Å². The second kappa shape index (κ2) is 6.27. The van der Waals surface area contributed by atoms with Gasteiger partial charge in [-0.3, -0.25) is 9.59 Å². The molecule has 6 nitrogen and oxygen atoms in total. The number of hydrogen-bond donors (Lipinski definition) is 1. The molecule has 6 heteroatoms. The van der Waals surface area contributed by atoms with Crippen LogP contribution in [0.3, 0.4) is 0 Å². The summed E-state index contributed by atoms with van der Waals surface area (Å²) >= 11 is 0. The Morgan fingerprint density at radius 3 is 2.55 bits per heavy atom. The van der Waals surface area contributed by atoms with Crippen molar-refractivity contribution in [1.82, 2.24) is 5.32 Å². The van der Waals surface area contributed by atoms with Crippen molar-refractivity contribution in [2.45, 2.75) is 13.8 Å². The van der Waals surface area contributed by atoms with E-state index in [1.165, 1.54) is 13.8 Å². The standard InChI is InChI=1S/C14H18N2O4/c1-10(17)15-5-6-16(11(2)18)12-3-4-13-14(9-12)20-8-7-19-13/h3-4,9H,5-8H2,1-2H3,(H,15,17). The van der Waals surface area contributed by atoms with Crippen molar-refractivity contribution in [2.24, 2.45) is 0 Å². The number of amides is 2. The van der Waals surface area contributed by atoms with Crippen molar-refractivity contribution in [2.75, 3.05) is 31.2 Å². The molecule has 0 saturated heterocycles. The van der Waals surface area contributed by atoms with E-state index in [0.717, 1.165) is 5.69 Å². The lowest BCUT2D eigenvalue weighted by Gasteiger charge is -2.24. The summed E-state index contributed by atoms with van der Waals surface area (Å²) in [6, 6.07) is 5.38. The van der Waals surface area contributed by atoms with Crippen LogP contribution in [0.1, 0.15) is 13.8 Å². The van der Waals surface area contributed by atoms with Crippen LogP contribution in [0.4, 0.5) is 5.69 Å². The van der Waals surface area contributed by atoms with Crippen molar-refractivity contribution in [3.8, 4) is 11.5 Å². The number of ether oxygens (including phenoxy) is 2. The smallest absolute Gasteiger partial charge is 0.223 e. The van der Waals surface area contributed by atoms with Crippen LogP contribution in [0.15, 0.2) is 18.2 Å². The van der Waals surface area contributed by atoms with Gasteiger partial charge < -0.3 is 19.7 Å². The van der Waals surface area contributed by atoms with Crippen LogP contribution in [0.25, 0.3) is 0 Å². The highest BCUT2D eigenvalue weighted by Gasteiger charge is 2.16. The minimum atomic E-state index is -0.115. The van der Waals surface area contributed by atoms with E-state index in [9.17, 15) is 9.59 Å². The van der Waals surface area contributed by atoms with Crippen LogP contribution in [0.2, 0.25) is 0 Å². The summed E-state index contributed by atoms with van der Waals surface area (Å²) in [5, 5.41) is 2.67. The highest BCUT2D eigenvalue weighted by molar-refractivity contribution is 5.92. The second-order valence-electron chi connectivity index (χ2n) is 4.48. The van der Waals surface area contributed by atoms with Crippen molar-refractivity contribution in [3.63, 3.8) is 0 Å². The summed E-state index contributed by atoms with van der Waals surface area (Å²) in [5.41, 5.74) is 0.729. The third kappa shape index (κ3) is 3.40. The predicted octanol–water partition coefficient (Wildman–Crippen LogP) is 0.947. The number of hydrogen-bond acceptors (Lipinski definition) is 4. The Bertz CT molecular complexity index is 516. The number of nitrogens with zero attached hydrogens (tertiary/aromatic N) is 1. The number of benzene rings is 1. The molecule has 2 amide bonds. The quantitative estimate of drug-likeness (QED) is 0.890. The lowest BCUT2D eigenvalue weighted by atomic mass is 10.2. The highest BCUT2D eigenvalue weighted by Crippen LogP contribution is 2.33. The van der Waals surface area contributed by atoms with E-state index in [2.05, 4.69) is 5.32 Å². The zero-order chi connectivity index (χ0) is 14.5. The fraction of sp³-hybridized carbons (Fsp3) is 0.429. The van der Waals surface area contributed by atoms with E-state index in [-0.39, 0.29) is 11.8 Å². The number of anilines is 1. The maximum Gasteiger partial charge on any atom is 0.223 e. The molecule has 0 spiro atoms. The van der Waals surface area contributed by atoms with E-state index in [0.29, 0.717) is 37.8 Å². The lowest BCUT2D eigenvalue weighted by Crippen LogP contribution is -2.36. The van der Waals surface area contributed by atoms with E-state index in [4.69, 9.17) is 9.47 Å². The van der Waals surface area contributed by atoms with Gasteiger partial charge in [-0.25, -0.2) is 0 Å². The van der Waals surface area contributed by atoms with Crippen LogP contribution < -0.4 is 19.7 Å². The molecule has 0 aromatic heterocycles. The Balaban J connectivity index is 2.12. The lowest BCUT2D eigenvalue weighted by molar-refractivity contribution is -0.119. The topological polar surface area (TPSA) is 67.9 Å². The maximum absolute atomic E-state index is 11.7. The van der Waals surface area contributed by atoms with E-state index < -0.39 is 0 Å². The van der Waals surface area contributed by atoms with Gasteiger partial charge in [0.2, 0.25) is 11.8 Å². The molecule has 1 aliphatic rings. The van der Waals surface area contributed by atoms with Crippen LogP contribution in [0.5, 0.6) is 11.5 Å². The van der Waals surface area contributed by atoms with Crippen molar-refractivity contribution in [1.29, 1.82) is 0 Å². The third-order valence-electron chi connectivity index (χ3n) is 2.93. The number of fused-ring (bicyclic) bond motifs is 1. The normalized spacial score (nSPS) is 12.7. The molecule has 1 aromatic rings. The number of nitrogens with one attached hydrogen (secondary N) is 1. The van der Waals surface area contributed by atoms with Gasteiger partial charge in [0, 0.05) is 38.7 Å². The van der Waals surface area contributed by atoms with E-state index in [1.54, 1.807) is 17.0 Å². The molecule has 1 aliphatic heterocycles. The first-order chi connectivity index (χ1) is 9.58. The molecule has 2 rings (SSSR count). The first kappa shape index (κ1) is 14.2. The summed E-state index contributed by atoms with van der Waals surface area (Å²) in [7, 11) is 0. The fourth-order valence-electron chi connectivity index (χ4n) is 2.01. The van der Waals surface area contributed by atoms with E-state index in [1.807, 2.05) is 6.07 Å². The van der Waals surface area contributed by atoms with Crippen LogP contribution in [0, 0.1) is 0 Å². The molecular formula is C14H18N2O4. The van der Waals surface area contributed by atoms with Gasteiger partial charge in [-0.15, -0.1) is 0 Å². The second-order valence-corrected chi connectivity index (χ2v) is 4.48. The fourth-order valence-corrected chi connectivity index (χ4v) is 2.01. The van der Waals surface area contributed by atoms with Crippen LogP contribution in [-0.4, -0.2) is 38.1 Å². The maximum atomic E-state index is 11.7. The Morgan fingerprint density at radius 1 is 1.20 bits per heavy atom. The number of carbonyl (C=O) groups excluding carboxylic acids is 2. The van der Waals surface area contributed by atoms with Gasteiger partial charge in [-0.05, 0) is 12.1 Å². The minimum Gasteiger partial charge on any atom is -0.486 e. The van der Waals surface area contributed by atoms with Crippen molar-refractivity contribution in [3.05, 3.63) is 18.2 Å². The molecule has 1 N–H and O–H groups in total. The molecule has 0 saturated carbocycles. The largest absolute Gasteiger partial charge is 0.486 e. The third-order valence-corrected chi connectivity index (χ3v) is 2.93. The molecule has 0 unspecified atom stereocenters. The zero-order valence-corrected chi connectivity index (χ0v) is 11.6. The zero-order valence-electron chi connectivity index (χ0n) is 11.6. The summed E-state index contributed by atoms with van der Waals surface area (Å²) in [5.74, 6) is 1.12. The molecule has 0 fully saturated rings. The average Bonchev–Trinajstić information content (AvgIpc) is 2.42. The monoisotopic (exact) mass is 278 g/mol. The summed E-state index contributed by atoms with van der Waals surface area (Å²) in [4.78, 5) is 24.2. The van der Waals surface area contributed by atoms with Gasteiger partial charge in [0.05, 0.1) is 0 Å². The van der Waals surface area contributed by atoms with Gasteiger partial charge in [0.15, 0.2) is 11.5 Å². The van der Waals surface area contributed by atoms with Crippen molar-refractivity contribution >= 4 is 17.5 Å². The average molecular weight is 278 g/mol. The molecule has 0 aliphatic carbocycles. The summed E-state index contributed by atoms with van der Waals surface area (Å²) in [6.45, 7) is 4.79. The highest BCUT2D eigenvalue weighted by atomic mass is 16.6. The molecular weight excluding hydrogens is 260 g/mol. The molecule has 1 aromatic carbocycles. The van der Waals surface area contributed by atoms with Gasteiger partial charge in [-0.1, -0.05) is 0 Å². The Hall–Kier alpha value is -2.24. The van der Waals surface area contributed by atoms with E-state index >= 15 is 0 Å². The summed E-state index contributed by atoms with van der Waals surface area (Å²) in [6.07, 6.45) is 0. The Kier molecular flexibility index (Phi) is 4.45. The predicted molar refractivity (Wildman–Crippen MR) is 74.1 cm³/mol. The number of rotatable bonds is 4. The first-order valence-electron chi connectivity index (χ1n) is 6.50. The van der Waals surface area contributed by atoms with Crippen molar-refractivity contribution < 1.29 is 19.1 Å². The Labute approximate surface area is 117 Å². The molecule has 20 heavy (non-hydrogen) atoms. The molecule has 0 radical (unpaired) electrons. The SMILES string of the molecule is CC(=O)NCCN(C(C)=O)c1ccc2c(c1)OCCO2. The molecule has 0 atom stereocenters. The summed E-state index contributed by atoms with van der Waals surface area (Å²) < 4.78 is 10.9. The number of carbonyl (C=O) groups is 2. The molecule has 108 valence electrons. The van der Waals surface area contributed by atoms with Gasteiger partial charge in [0.1, 0.15) is 13.2 Å².